The van der Waals surface area contributed by atoms with Gasteiger partial charge < -0.3 is 19.5 Å². The molecule has 0 aliphatic heterocycles. The quantitative estimate of drug-likeness (QED) is 0.457. The first-order chi connectivity index (χ1) is 16.0. The molecule has 4 aromatic rings. The van der Waals surface area contributed by atoms with Crippen LogP contribution in [0.1, 0.15) is 21.9 Å². The van der Waals surface area contributed by atoms with Crippen LogP contribution in [0.25, 0.3) is 22.5 Å². The Kier molecular flexibility index (Phi) is 6.36. The molecule has 0 saturated heterocycles. The Morgan fingerprint density at radius 1 is 1.06 bits per heavy atom. The lowest BCUT2D eigenvalue weighted by molar-refractivity contribution is 0.102. The molecular weight excluding hydrogens is 422 g/mol. The van der Waals surface area contributed by atoms with Gasteiger partial charge in [0, 0.05) is 23.5 Å². The molecule has 0 atom stereocenters. The molecule has 0 aliphatic carbocycles. The van der Waals surface area contributed by atoms with Crippen molar-refractivity contribution in [2.24, 2.45) is 0 Å². The third-order valence-electron chi connectivity index (χ3n) is 4.76. The van der Waals surface area contributed by atoms with E-state index in [4.69, 9.17) is 9.26 Å². The smallest absolute Gasteiger partial charge is 0.262 e. The molecule has 1 amide bonds. The summed E-state index contributed by atoms with van der Waals surface area (Å²) in [6.45, 7) is 2.31. The zero-order chi connectivity index (χ0) is 23.4. The third kappa shape index (κ3) is 4.85. The number of rotatable bonds is 7. The predicted molar refractivity (Wildman–Crippen MR) is 122 cm³/mol. The van der Waals surface area contributed by atoms with Crippen molar-refractivity contribution in [3.63, 3.8) is 0 Å². The van der Waals surface area contributed by atoms with Crippen molar-refractivity contribution >= 4 is 11.7 Å². The van der Waals surface area contributed by atoms with Crippen LogP contribution in [0.5, 0.6) is 5.88 Å². The van der Waals surface area contributed by atoms with E-state index >= 15 is 0 Å². The third-order valence-corrected chi connectivity index (χ3v) is 4.76. The van der Waals surface area contributed by atoms with E-state index in [-0.39, 0.29) is 11.7 Å². The number of nitrogens with zero attached hydrogens (tertiary/aromatic N) is 6. The highest BCUT2D eigenvalue weighted by Crippen LogP contribution is 2.28. The largest absolute Gasteiger partial charge is 0.478 e. The molecule has 0 saturated carbocycles. The monoisotopic (exact) mass is 445 g/mol. The van der Waals surface area contributed by atoms with Gasteiger partial charge in [0.1, 0.15) is 22.8 Å². The SMILES string of the molecule is COc1nc(-c2cnc(CN(C)C)nc2)cnc1NC(=O)c1c(-c2ccccc2)noc1C. The van der Waals surface area contributed by atoms with Gasteiger partial charge in [-0.15, -0.1) is 0 Å². The highest BCUT2D eigenvalue weighted by Gasteiger charge is 2.23. The number of nitrogens with one attached hydrogen (secondary N) is 1. The number of hydrogen-bond donors (Lipinski definition) is 1. The minimum Gasteiger partial charge on any atom is -0.478 e. The maximum Gasteiger partial charge on any atom is 0.262 e. The normalized spacial score (nSPS) is 10.9. The van der Waals surface area contributed by atoms with Crippen LogP contribution in [0.4, 0.5) is 5.82 Å². The molecule has 0 radical (unpaired) electrons. The predicted octanol–water partition coefficient (Wildman–Crippen LogP) is 3.22. The number of carbonyl (C=O) groups is 1. The van der Waals surface area contributed by atoms with Crippen molar-refractivity contribution < 1.29 is 14.1 Å². The summed E-state index contributed by atoms with van der Waals surface area (Å²) in [7, 11) is 5.36. The molecule has 3 heterocycles. The highest BCUT2D eigenvalue weighted by molar-refractivity contribution is 6.08. The standard InChI is InChI=1S/C23H23N7O3/c1-14-19(20(29-33-14)15-8-6-5-7-9-15)22(31)28-21-23(32-4)27-17(12-26-21)16-10-24-18(25-11-16)13-30(2)3/h5-12H,13H2,1-4H3,(H,26,28,31). The molecule has 1 aromatic carbocycles. The number of benzene rings is 1. The number of anilines is 1. The Morgan fingerprint density at radius 3 is 2.45 bits per heavy atom. The van der Waals surface area contributed by atoms with Gasteiger partial charge in [-0.25, -0.2) is 19.9 Å². The van der Waals surface area contributed by atoms with E-state index in [1.54, 1.807) is 19.3 Å². The molecule has 10 heteroatoms. The first-order valence-corrected chi connectivity index (χ1v) is 10.2. The Hall–Kier alpha value is -4.18. The minimum absolute atomic E-state index is 0.161. The summed E-state index contributed by atoms with van der Waals surface area (Å²) >= 11 is 0. The first kappa shape index (κ1) is 22.0. The summed E-state index contributed by atoms with van der Waals surface area (Å²) in [5, 5.41) is 6.80. The molecule has 1 N–H and O–H groups in total. The molecule has 3 aromatic heterocycles. The summed E-state index contributed by atoms with van der Waals surface area (Å²) in [6.07, 6.45) is 4.89. The topological polar surface area (TPSA) is 119 Å². The van der Waals surface area contributed by atoms with Gasteiger partial charge in [0.2, 0.25) is 0 Å². The summed E-state index contributed by atoms with van der Waals surface area (Å²) in [6, 6.07) is 9.33. The van der Waals surface area contributed by atoms with Gasteiger partial charge in [0.25, 0.3) is 11.8 Å². The Bertz CT molecular complexity index is 1260. The molecule has 0 fully saturated rings. The maximum atomic E-state index is 13.1. The van der Waals surface area contributed by atoms with Gasteiger partial charge in [-0.1, -0.05) is 35.5 Å². The first-order valence-electron chi connectivity index (χ1n) is 10.2. The Morgan fingerprint density at radius 2 is 1.79 bits per heavy atom. The highest BCUT2D eigenvalue weighted by atomic mass is 16.5. The van der Waals surface area contributed by atoms with E-state index in [1.807, 2.05) is 49.3 Å². The lowest BCUT2D eigenvalue weighted by Gasteiger charge is -2.11. The van der Waals surface area contributed by atoms with Crippen LogP contribution in [-0.2, 0) is 6.54 Å². The number of amides is 1. The van der Waals surface area contributed by atoms with Gasteiger partial charge >= 0.3 is 0 Å². The van der Waals surface area contributed by atoms with Crippen molar-refractivity contribution in [3.05, 3.63) is 66.1 Å². The van der Waals surface area contributed by atoms with Gasteiger partial charge in [-0.3, -0.25) is 4.79 Å². The summed E-state index contributed by atoms with van der Waals surface area (Å²) in [4.78, 5) is 32.6. The average molecular weight is 445 g/mol. The van der Waals surface area contributed by atoms with Crippen molar-refractivity contribution in [3.8, 4) is 28.4 Å². The number of carbonyl (C=O) groups excluding carboxylic acids is 1. The van der Waals surface area contributed by atoms with E-state index in [9.17, 15) is 4.79 Å². The molecule has 0 bridgehead atoms. The second kappa shape index (κ2) is 9.53. The fourth-order valence-electron chi connectivity index (χ4n) is 3.19. The zero-order valence-electron chi connectivity index (χ0n) is 18.7. The molecule has 0 spiro atoms. The number of ether oxygens (including phenoxy) is 1. The molecule has 0 aliphatic rings. The second-order valence-corrected chi connectivity index (χ2v) is 7.52. The maximum absolute atomic E-state index is 13.1. The minimum atomic E-state index is -0.427. The fourth-order valence-corrected chi connectivity index (χ4v) is 3.19. The van der Waals surface area contributed by atoms with Crippen LogP contribution in [0, 0.1) is 6.92 Å². The van der Waals surface area contributed by atoms with Crippen LogP contribution in [0.3, 0.4) is 0 Å². The number of methoxy groups -OCH3 is 1. The van der Waals surface area contributed by atoms with E-state index in [1.165, 1.54) is 13.3 Å². The van der Waals surface area contributed by atoms with Crippen LogP contribution < -0.4 is 10.1 Å². The molecule has 4 rings (SSSR count). The number of hydrogen-bond acceptors (Lipinski definition) is 9. The van der Waals surface area contributed by atoms with Crippen LogP contribution in [0.15, 0.2) is 53.4 Å². The van der Waals surface area contributed by atoms with Gasteiger partial charge in [-0.2, -0.15) is 0 Å². The average Bonchev–Trinajstić information content (AvgIpc) is 3.21. The van der Waals surface area contributed by atoms with Gasteiger partial charge in [0.15, 0.2) is 5.82 Å². The molecular formula is C23H23N7O3. The van der Waals surface area contributed by atoms with E-state index in [0.717, 1.165) is 5.56 Å². The van der Waals surface area contributed by atoms with Crippen molar-refractivity contribution in [2.45, 2.75) is 13.5 Å². The summed E-state index contributed by atoms with van der Waals surface area (Å²) in [5.41, 5.74) is 2.74. The van der Waals surface area contributed by atoms with Gasteiger partial charge in [0.05, 0.1) is 25.5 Å². The van der Waals surface area contributed by atoms with E-state index in [0.29, 0.717) is 40.6 Å². The van der Waals surface area contributed by atoms with E-state index < -0.39 is 5.91 Å². The fraction of sp³-hybridized carbons (Fsp3) is 0.217. The number of aryl methyl sites for hydroxylation is 1. The molecule has 10 nitrogen and oxygen atoms in total. The number of aromatic nitrogens is 5. The van der Waals surface area contributed by atoms with Crippen LogP contribution >= 0.6 is 0 Å². The molecule has 168 valence electrons. The molecule has 0 unspecified atom stereocenters. The zero-order valence-corrected chi connectivity index (χ0v) is 18.7. The van der Waals surface area contributed by atoms with E-state index in [2.05, 4.69) is 30.4 Å². The van der Waals surface area contributed by atoms with Gasteiger partial charge in [-0.05, 0) is 21.0 Å². The second-order valence-electron chi connectivity index (χ2n) is 7.52. The lowest BCUT2D eigenvalue weighted by Crippen LogP contribution is -2.16. The Labute approximate surface area is 190 Å². The Balaban J connectivity index is 1.59. The summed E-state index contributed by atoms with van der Waals surface area (Å²) in [5.74, 6) is 1.00. The lowest BCUT2D eigenvalue weighted by atomic mass is 10.1. The van der Waals surface area contributed by atoms with Crippen molar-refractivity contribution in [1.29, 1.82) is 0 Å². The molecule has 33 heavy (non-hydrogen) atoms. The summed E-state index contributed by atoms with van der Waals surface area (Å²) < 4.78 is 10.7. The van der Waals surface area contributed by atoms with Crippen LogP contribution in [-0.4, -0.2) is 57.1 Å². The van der Waals surface area contributed by atoms with Crippen molar-refractivity contribution in [1.82, 2.24) is 30.0 Å². The van der Waals surface area contributed by atoms with Crippen molar-refractivity contribution in [2.75, 3.05) is 26.5 Å². The van der Waals surface area contributed by atoms with Crippen LogP contribution in [0.2, 0.25) is 0 Å².